The molecule has 1 unspecified atom stereocenters. The van der Waals surface area contributed by atoms with E-state index in [1.165, 1.54) is 16.9 Å². The van der Waals surface area contributed by atoms with E-state index in [0.717, 1.165) is 12.8 Å². The Hall–Kier alpha value is -0.820. The van der Waals surface area contributed by atoms with Gasteiger partial charge in [-0.15, -0.1) is 17.9 Å². The Labute approximate surface area is 97.3 Å². The second-order valence-electron chi connectivity index (χ2n) is 3.81. The van der Waals surface area contributed by atoms with Gasteiger partial charge in [0.15, 0.2) is 0 Å². The average molecular weight is 220 g/mol. The van der Waals surface area contributed by atoms with Crippen molar-refractivity contribution in [2.24, 2.45) is 5.92 Å². The minimum Gasteiger partial charge on any atom is -0.144 e. The lowest BCUT2D eigenvalue weighted by atomic mass is 9.94. The lowest BCUT2D eigenvalue weighted by Crippen LogP contribution is -1.97. The van der Waals surface area contributed by atoms with Crippen molar-refractivity contribution in [3.05, 3.63) is 41.1 Å². The van der Waals surface area contributed by atoms with Crippen LogP contribution >= 0.6 is 11.3 Å². The fourth-order valence-electron chi connectivity index (χ4n) is 1.73. The molecule has 0 aromatic carbocycles. The van der Waals surface area contributed by atoms with Gasteiger partial charge in [0.25, 0.3) is 0 Å². The highest BCUT2D eigenvalue weighted by molar-refractivity contribution is 7.11. The standard InChI is InChI=1S/C14H20S/c1-4-6-9-12(3)13(8-5-2)14-10-7-11-15-14/h4,7-8,10-12H,1,5-6,9H2,2-3H3/b13-8-. The molecule has 0 spiro atoms. The van der Waals surface area contributed by atoms with Crippen molar-refractivity contribution in [3.8, 4) is 0 Å². The predicted molar refractivity (Wildman–Crippen MR) is 71.2 cm³/mol. The third-order valence-electron chi connectivity index (χ3n) is 2.56. The Morgan fingerprint density at radius 1 is 1.60 bits per heavy atom. The van der Waals surface area contributed by atoms with Crippen molar-refractivity contribution < 1.29 is 0 Å². The fourth-order valence-corrected chi connectivity index (χ4v) is 2.61. The van der Waals surface area contributed by atoms with Crippen molar-refractivity contribution in [2.75, 3.05) is 0 Å². The van der Waals surface area contributed by atoms with Gasteiger partial charge in [-0.3, -0.25) is 0 Å². The summed E-state index contributed by atoms with van der Waals surface area (Å²) in [6.45, 7) is 8.30. The smallest absolute Gasteiger partial charge is 0.0301 e. The van der Waals surface area contributed by atoms with Crippen LogP contribution in [0.3, 0.4) is 0 Å². The van der Waals surface area contributed by atoms with Gasteiger partial charge in [-0.05, 0) is 42.2 Å². The summed E-state index contributed by atoms with van der Waals surface area (Å²) in [6, 6.07) is 4.35. The summed E-state index contributed by atoms with van der Waals surface area (Å²) in [6.07, 6.45) is 7.79. The summed E-state index contributed by atoms with van der Waals surface area (Å²) < 4.78 is 0. The zero-order valence-corrected chi connectivity index (χ0v) is 10.5. The topological polar surface area (TPSA) is 0 Å². The highest BCUT2D eigenvalue weighted by Gasteiger charge is 2.10. The molecule has 0 aliphatic carbocycles. The van der Waals surface area contributed by atoms with Gasteiger partial charge in [0.1, 0.15) is 0 Å². The maximum atomic E-state index is 3.78. The van der Waals surface area contributed by atoms with E-state index in [-0.39, 0.29) is 0 Å². The molecule has 1 aromatic rings. The van der Waals surface area contributed by atoms with Crippen LogP contribution in [0.4, 0.5) is 0 Å². The number of allylic oxidation sites excluding steroid dienone is 3. The molecule has 0 aliphatic rings. The molecule has 15 heavy (non-hydrogen) atoms. The zero-order chi connectivity index (χ0) is 11.1. The first-order valence-electron chi connectivity index (χ1n) is 5.64. The second kappa shape index (κ2) is 6.62. The van der Waals surface area contributed by atoms with Gasteiger partial charge in [0, 0.05) is 4.88 Å². The third-order valence-corrected chi connectivity index (χ3v) is 3.48. The van der Waals surface area contributed by atoms with Crippen molar-refractivity contribution in [2.45, 2.75) is 33.1 Å². The molecule has 0 saturated carbocycles. The molecule has 0 nitrogen and oxygen atoms in total. The molecular weight excluding hydrogens is 200 g/mol. The lowest BCUT2D eigenvalue weighted by molar-refractivity contribution is 0.675. The predicted octanol–water partition coefficient (Wildman–Crippen LogP) is 5.14. The van der Waals surface area contributed by atoms with E-state index in [0.29, 0.717) is 5.92 Å². The molecule has 1 rings (SSSR count). The highest BCUT2D eigenvalue weighted by Crippen LogP contribution is 2.30. The summed E-state index contributed by atoms with van der Waals surface area (Å²) in [5.41, 5.74) is 1.51. The first-order valence-corrected chi connectivity index (χ1v) is 6.52. The van der Waals surface area contributed by atoms with E-state index in [9.17, 15) is 0 Å². The average Bonchev–Trinajstić information content (AvgIpc) is 2.75. The largest absolute Gasteiger partial charge is 0.144 e. The molecule has 1 aromatic heterocycles. The van der Waals surface area contributed by atoms with Crippen LogP contribution in [-0.4, -0.2) is 0 Å². The Bertz CT molecular complexity index is 306. The van der Waals surface area contributed by atoms with Crippen LogP contribution in [0.1, 0.15) is 38.0 Å². The number of hydrogen-bond donors (Lipinski definition) is 0. The second-order valence-corrected chi connectivity index (χ2v) is 4.76. The molecule has 0 N–H and O–H groups in total. The van der Waals surface area contributed by atoms with Crippen LogP contribution in [0.25, 0.3) is 5.57 Å². The molecule has 0 radical (unpaired) electrons. The van der Waals surface area contributed by atoms with Gasteiger partial charge < -0.3 is 0 Å². The molecule has 1 heteroatoms. The zero-order valence-electron chi connectivity index (χ0n) is 9.70. The van der Waals surface area contributed by atoms with Gasteiger partial charge in [-0.2, -0.15) is 0 Å². The highest BCUT2D eigenvalue weighted by atomic mass is 32.1. The molecule has 82 valence electrons. The summed E-state index contributed by atoms with van der Waals surface area (Å²) in [5, 5.41) is 2.15. The SMILES string of the molecule is C=CCCC(C)/C(=C/CC)c1cccs1. The van der Waals surface area contributed by atoms with Crippen molar-refractivity contribution in [1.82, 2.24) is 0 Å². The Kier molecular flexibility index (Phi) is 5.41. The molecule has 0 amide bonds. The Morgan fingerprint density at radius 2 is 2.40 bits per heavy atom. The first kappa shape index (κ1) is 12.3. The molecule has 0 aliphatic heterocycles. The monoisotopic (exact) mass is 220 g/mol. The quantitative estimate of drug-likeness (QED) is 0.582. The molecule has 0 saturated heterocycles. The van der Waals surface area contributed by atoms with Crippen LogP contribution in [0, 0.1) is 5.92 Å². The first-order chi connectivity index (χ1) is 7.29. The maximum Gasteiger partial charge on any atom is 0.0301 e. The van der Waals surface area contributed by atoms with Gasteiger partial charge >= 0.3 is 0 Å². The number of rotatable bonds is 6. The lowest BCUT2D eigenvalue weighted by Gasteiger charge is -2.13. The van der Waals surface area contributed by atoms with Crippen LogP contribution in [0.5, 0.6) is 0 Å². The van der Waals surface area contributed by atoms with E-state index in [1.807, 2.05) is 17.4 Å². The van der Waals surface area contributed by atoms with Gasteiger partial charge in [-0.1, -0.05) is 32.1 Å². The normalized spacial score (nSPS) is 13.9. The molecular formula is C14H20S. The van der Waals surface area contributed by atoms with Gasteiger partial charge in [0.2, 0.25) is 0 Å². The molecule has 0 bridgehead atoms. The van der Waals surface area contributed by atoms with Crippen molar-refractivity contribution in [3.63, 3.8) is 0 Å². The van der Waals surface area contributed by atoms with Crippen molar-refractivity contribution in [1.29, 1.82) is 0 Å². The summed E-state index contributed by atoms with van der Waals surface area (Å²) in [7, 11) is 0. The van der Waals surface area contributed by atoms with Gasteiger partial charge in [0.05, 0.1) is 0 Å². The van der Waals surface area contributed by atoms with Crippen LogP contribution < -0.4 is 0 Å². The van der Waals surface area contributed by atoms with Crippen LogP contribution in [0.2, 0.25) is 0 Å². The van der Waals surface area contributed by atoms with E-state index < -0.39 is 0 Å². The molecule has 0 fully saturated rings. The van der Waals surface area contributed by atoms with E-state index in [2.05, 4.69) is 44.0 Å². The fraction of sp³-hybridized carbons (Fsp3) is 0.429. The minimum absolute atomic E-state index is 0.640. The summed E-state index contributed by atoms with van der Waals surface area (Å²) >= 11 is 1.84. The van der Waals surface area contributed by atoms with Crippen LogP contribution in [-0.2, 0) is 0 Å². The summed E-state index contributed by atoms with van der Waals surface area (Å²) in [5.74, 6) is 0.640. The minimum atomic E-state index is 0.640. The van der Waals surface area contributed by atoms with E-state index in [1.54, 1.807) is 0 Å². The number of hydrogen-bond acceptors (Lipinski definition) is 1. The third kappa shape index (κ3) is 3.67. The van der Waals surface area contributed by atoms with E-state index >= 15 is 0 Å². The van der Waals surface area contributed by atoms with Gasteiger partial charge in [-0.25, -0.2) is 0 Å². The Morgan fingerprint density at radius 3 is 2.93 bits per heavy atom. The van der Waals surface area contributed by atoms with E-state index in [4.69, 9.17) is 0 Å². The molecule has 1 atom stereocenters. The Balaban J connectivity index is 2.75. The summed E-state index contributed by atoms with van der Waals surface area (Å²) in [4.78, 5) is 1.42. The molecule has 1 heterocycles. The maximum absolute atomic E-state index is 3.78. The van der Waals surface area contributed by atoms with Crippen molar-refractivity contribution >= 4 is 16.9 Å². The van der Waals surface area contributed by atoms with Crippen LogP contribution in [0.15, 0.2) is 36.2 Å². The number of thiophene rings is 1.